The number of carbonyl (C=O) groups is 1. The Labute approximate surface area is 215 Å². The molecule has 0 saturated carbocycles. The molecule has 0 aliphatic carbocycles. The smallest absolute Gasteiger partial charge is 0.229 e. The number of ether oxygens (including phenoxy) is 6. The average Bonchev–Trinajstić information content (AvgIpc) is 2.86. The summed E-state index contributed by atoms with van der Waals surface area (Å²) in [5.74, 6) is 5.90. The fraction of sp³-hybridized carbons (Fsp3) is 0.708. The number of methoxy groups -OCH3 is 3. The van der Waals surface area contributed by atoms with Crippen LogP contribution in [0.1, 0.15) is 48.2 Å². The average molecular weight is 532 g/mol. The van der Waals surface area contributed by atoms with E-state index in [-0.39, 0.29) is 33.7 Å². The Kier molecular flexibility index (Phi) is 9.86. The predicted molar refractivity (Wildman–Crippen MR) is 131 cm³/mol. The minimum atomic E-state index is -1.28. The maximum atomic E-state index is 13.5. The van der Waals surface area contributed by atoms with Crippen LogP contribution in [0.5, 0.6) is 17.2 Å². The Morgan fingerprint density at radius 1 is 0.944 bits per heavy atom. The molecule has 2 fully saturated rings. The third-order valence-corrected chi connectivity index (χ3v) is 8.14. The van der Waals surface area contributed by atoms with Gasteiger partial charge in [-0.1, -0.05) is 11.8 Å². The first-order valence-corrected chi connectivity index (χ1v) is 12.7. The molecule has 2 heterocycles. The lowest BCUT2D eigenvalue weighted by atomic mass is 9.99. The van der Waals surface area contributed by atoms with E-state index in [2.05, 4.69) is 0 Å². The van der Waals surface area contributed by atoms with Crippen LogP contribution in [0.4, 0.5) is 0 Å². The number of carbonyl (C=O) groups excluding carboxylic acids is 1. The molecule has 2 aliphatic heterocycles. The third-order valence-electron chi connectivity index (χ3n) is 6.81. The molecule has 204 valence electrons. The van der Waals surface area contributed by atoms with Crippen LogP contribution in [-0.4, -0.2) is 85.0 Å². The first kappa shape index (κ1) is 28.9. The highest BCUT2D eigenvalue weighted by Crippen LogP contribution is 2.48. The number of rotatable bonds is 8. The number of aliphatic hydroxyl groups is 2. The molecule has 2 saturated heterocycles. The van der Waals surface area contributed by atoms with E-state index in [4.69, 9.17) is 39.2 Å². The minimum Gasteiger partial charge on any atom is -0.492 e. The Morgan fingerprint density at radius 3 is 2.17 bits per heavy atom. The Balaban J connectivity index is 1.93. The molecule has 11 nitrogen and oxygen atoms in total. The van der Waals surface area contributed by atoms with Crippen molar-refractivity contribution in [1.82, 2.24) is 0 Å². The molecular weight excluding hydrogens is 494 g/mol. The van der Waals surface area contributed by atoms with E-state index in [1.807, 2.05) is 6.92 Å². The van der Waals surface area contributed by atoms with Crippen LogP contribution in [0.3, 0.4) is 0 Å². The van der Waals surface area contributed by atoms with Gasteiger partial charge in [-0.15, -0.1) is 0 Å². The van der Waals surface area contributed by atoms with Crippen molar-refractivity contribution in [1.29, 1.82) is 0 Å². The van der Waals surface area contributed by atoms with E-state index in [0.717, 1.165) is 0 Å². The second-order valence-electron chi connectivity index (χ2n) is 8.96. The summed E-state index contributed by atoms with van der Waals surface area (Å²) in [7, 11) is 4.27. The molecule has 4 N–H and O–H groups in total. The summed E-state index contributed by atoms with van der Waals surface area (Å²) in [6, 6.07) is 0. The normalized spacial score (nSPS) is 32.7. The molecule has 2 aliphatic rings. The monoisotopic (exact) mass is 531 g/mol. The van der Waals surface area contributed by atoms with Crippen LogP contribution < -0.4 is 20.1 Å². The van der Waals surface area contributed by atoms with Gasteiger partial charge in [0.25, 0.3) is 0 Å². The standard InChI is InChI=1S/C24H37NO10S/c1-10-11(2)19(34-24-18(27)21(30-6)17(26)13(4)33-24)22(31-7)20(29-5)16(10)23(28)36-14-8-9-15(35-25)32-12(14)3/h12-15,17-18,21,24,26-27H,8-9,25H2,1-7H3/t12?,13-,14-,15?,17?,18+,21+,24?/m0/s1. The van der Waals surface area contributed by atoms with Crippen molar-refractivity contribution in [2.45, 2.75) is 88.9 Å². The van der Waals surface area contributed by atoms with Crippen LogP contribution in [0.2, 0.25) is 0 Å². The number of thioether (sulfide) groups is 1. The maximum Gasteiger partial charge on any atom is 0.229 e. The summed E-state index contributed by atoms with van der Waals surface area (Å²) < 4.78 is 34.1. The van der Waals surface area contributed by atoms with Gasteiger partial charge in [0.1, 0.15) is 18.3 Å². The molecular formula is C24H37NO10S. The zero-order chi connectivity index (χ0) is 26.7. The summed E-state index contributed by atoms with van der Waals surface area (Å²) in [6.45, 7) is 7.11. The van der Waals surface area contributed by atoms with E-state index >= 15 is 0 Å². The van der Waals surface area contributed by atoms with Crippen LogP contribution in [0.15, 0.2) is 0 Å². The number of hydrogen-bond acceptors (Lipinski definition) is 12. The van der Waals surface area contributed by atoms with Gasteiger partial charge in [-0.2, -0.15) is 0 Å². The zero-order valence-electron chi connectivity index (χ0n) is 21.7. The molecule has 1 aromatic carbocycles. The quantitative estimate of drug-likeness (QED) is 0.420. The van der Waals surface area contributed by atoms with Gasteiger partial charge in [0.05, 0.1) is 32.0 Å². The van der Waals surface area contributed by atoms with E-state index in [9.17, 15) is 15.0 Å². The van der Waals surface area contributed by atoms with Gasteiger partial charge >= 0.3 is 0 Å². The molecule has 3 rings (SSSR count). The van der Waals surface area contributed by atoms with E-state index in [0.29, 0.717) is 29.5 Å². The first-order chi connectivity index (χ1) is 17.1. The van der Waals surface area contributed by atoms with Gasteiger partial charge in [0.15, 0.2) is 17.8 Å². The van der Waals surface area contributed by atoms with Gasteiger partial charge in [-0.05, 0) is 45.2 Å². The second kappa shape index (κ2) is 12.3. The fourth-order valence-electron chi connectivity index (χ4n) is 4.55. The fourth-order valence-corrected chi connectivity index (χ4v) is 5.70. The van der Waals surface area contributed by atoms with E-state index < -0.39 is 37.0 Å². The van der Waals surface area contributed by atoms with Gasteiger partial charge in [0.2, 0.25) is 17.2 Å². The van der Waals surface area contributed by atoms with Crippen molar-refractivity contribution in [3.05, 3.63) is 16.7 Å². The Bertz CT molecular complexity index is 931. The molecule has 4 unspecified atom stereocenters. The highest BCUT2D eigenvalue weighted by molar-refractivity contribution is 8.14. The number of aliphatic hydroxyl groups excluding tert-OH is 2. The van der Waals surface area contributed by atoms with Gasteiger partial charge in [-0.25, -0.2) is 5.90 Å². The second-order valence-corrected chi connectivity index (χ2v) is 10.2. The summed E-state index contributed by atoms with van der Waals surface area (Å²) in [5, 5.41) is 20.7. The third kappa shape index (κ3) is 5.60. The van der Waals surface area contributed by atoms with Crippen molar-refractivity contribution < 1.29 is 48.3 Å². The van der Waals surface area contributed by atoms with Gasteiger partial charge in [-0.3, -0.25) is 9.63 Å². The summed E-state index contributed by atoms with van der Waals surface area (Å²) >= 11 is 1.17. The molecule has 0 spiro atoms. The molecule has 0 aromatic heterocycles. The van der Waals surface area contributed by atoms with Crippen LogP contribution in [-0.2, 0) is 19.0 Å². The lowest BCUT2D eigenvalue weighted by Gasteiger charge is -2.41. The highest BCUT2D eigenvalue weighted by atomic mass is 32.2. The van der Waals surface area contributed by atoms with Crippen molar-refractivity contribution in [3.63, 3.8) is 0 Å². The summed E-state index contributed by atoms with van der Waals surface area (Å²) in [6.07, 6.45) is -4.47. The van der Waals surface area contributed by atoms with Gasteiger partial charge < -0.3 is 38.6 Å². The topological polar surface area (TPSA) is 148 Å². The summed E-state index contributed by atoms with van der Waals surface area (Å²) in [5.41, 5.74) is 1.61. The van der Waals surface area contributed by atoms with Crippen LogP contribution >= 0.6 is 11.8 Å². The molecule has 1 aromatic rings. The summed E-state index contributed by atoms with van der Waals surface area (Å²) in [4.78, 5) is 18.3. The number of nitrogens with two attached hydrogens (primary N) is 1. The SMILES string of the molecule is COc1c(OC2O[C@@H](C)C(O)[C@@H](OC)[C@H]2O)c(C)c(C)c(C(=O)S[C@H]2CCC(ON)OC2C)c1OC. The Hall–Kier alpha value is -1.64. The largest absolute Gasteiger partial charge is 0.492 e. The van der Waals surface area contributed by atoms with Crippen molar-refractivity contribution in [2.24, 2.45) is 5.90 Å². The van der Waals surface area contributed by atoms with Crippen LogP contribution in [0.25, 0.3) is 0 Å². The maximum absolute atomic E-state index is 13.5. The molecule has 36 heavy (non-hydrogen) atoms. The van der Waals surface area contributed by atoms with E-state index in [1.54, 1.807) is 20.8 Å². The molecule has 0 bridgehead atoms. The lowest BCUT2D eigenvalue weighted by Crippen LogP contribution is -2.59. The van der Waals surface area contributed by atoms with Crippen LogP contribution in [0, 0.1) is 13.8 Å². The van der Waals surface area contributed by atoms with Crippen molar-refractivity contribution in [3.8, 4) is 17.2 Å². The molecule has 8 atom stereocenters. The molecule has 0 radical (unpaired) electrons. The minimum absolute atomic E-state index is 0.0973. The molecule has 0 amide bonds. The zero-order valence-corrected chi connectivity index (χ0v) is 22.5. The predicted octanol–water partition coefficient (Wildman–Crippen LogP) is 1.84. The van der Waals surface area contributed by atoms with Crippen molar-refractivity contribution in [2.75, 3.05) is 21.3 Å². The highest BCUT2D eigenvalue weighted by Gasteiger charge is 2.45. The first-order valence-electron chi connectivity index (χ1n) is 11.8. The molecule has 12 heteroatoms. The Morgan fingerprint density at radius 2 is 1.61 bits per heavy atom. The van der Waals surface area contributed by atoms with Crippen molar-refractivity contribution >= 4 is 16.9 Å². The number of benzene rings is 1. The number of hydrogen-bond donors (Lipinski definition) is 3. The van der Waals surface area contributed by atoms with E-state index in [1.165, 1.54) is 33.1 Å². The van der Waals surface area contributed by atoms with Gasteiger partial charge in [0, 0.05) is 18.8 Å². The lowest BCUT2D eigenvalue weighted by molar-refractivity contribution is -0.273.